The molecule has 26 heavy (non-hydrogen) atoms. The molecule has 0 fully saturated rings. The van der Waals surface area contributed by atoms with Crippen molar-refractivity contribution >= 4 is 36.4 Å². The lowest BCUT2D eigenvalue weighted by atomic mass is 10.1. The fraction of sp³-hybridized carbons (Fsp3) is 0.471. The SMILES string of the molecule is Cc1nn(C)c(Oc2cccnc2)c1NC(=O)CCCCCCN.Cl.Cl. The van der Waals surface area contributed by atoms with Crippen LogP contribution in [0.25, 0.3) is 0 Å². The van der Waals surface area contributed by atoms with Crippen molar-refractivity contribution in [3.05, 3.63) is 30.2 Å². The molecular formula is C17H27Cl2N5O2. The Labute approximate surface area is 166 Å². The largest absolute Gasteiger partial charge is 0.436 e. The number of nitrogens with one attached hydrogen (secondary N) is 1. The van der Waals surface area contributed by atoms with Gasteiger partial charge >= 0.3 is 0 Å². The first-order chi connectivity index (χ1) is 11.6. The van der Waals surface area contributed by atoms with E-state index in [0.29, 0.717) is 36.0 Å². The highest BCUT2D eigenvalue weighted by Crippen LogP contribution is 2.31. The highest BCUT2D eigenvalue weighted by molar-refractivity contribution is 5.92. The lowest BCUT2D eigenvalue weighted by Crippen LogP contribution is -2.12. The summed E-state index contributed by atoms with van der Waals surface area (Å²) >= 11 is 0. The Kier molecular flexibility index (Phi) is 11.6. The van der Waals surface area contributed by atoms with Gasteiger partial charge in [0, 0.05) is 19.7 Å². The van der Waals surface area contributed by atoms with Gasteiger partial charge in [-0.1, -0.05) is 12.8 Å². The predicted molar refractivity (Wildman–Crippen MR) is 108 cm³/mol. The topological polar surface area (TPSA) is 95.1 Å². The zero-order valence-electron chi connectivity index (χ0n) is 15.1. The van der Waals surface area contributed by atoms with Gasteiger partial charge < -0.3 is 15.8 Å². The summed E-state index contributed by atoms with van der Waals surface area (Å²) in [5, 5.41) is 7.24. The van der Waals surface area contributed by atoms with Crippen molar-refractivity contribution in [2.45, 2.75) is 39.0 Å². The molecule has 1 amide bonds. The number of rotatable bonds is 9. The van der Waals surface area contributed by atoms with E-state index in [9.17, 15) is 4.79 Å². The first-order valence-electron chi connectivity index (χ1n) is 8.23. The van der Waals surface area contributed by atoms with Gasteiger partial charge in [-0.15, -0.1) is 24.8 Å². The normalized spacial score (nSPS) is 9.81. The summed E-state index contributed by atoms with van der Waals surface area (Å²) < 4.78 is 7.44. The minimum absolute atomic E-state index is 0. The van der Waals surface area contributed by atoms with Crippen LogP contribution in [0, 0.1) is 6.92 Å². The number of unbranched alkanes of at least 4 members (excludes halogenated alkanes) is 3. The molecule has 2 heterocycles. The molecule has 0 aromatic carbocycles. The molecule has 0 saturated carbocycles. The van der Waals surface area contributed by atoms with E-state index in [1.807, 2.05) is 6.92 Å². The number of hydrogen-bond donors (Lipinski definition) is 2. The number of pyridine rings is 1. The molecule has 3 N–H and O–H groups in total. The maximum absolute atomic E-state index is 12.2. The third-order valence-electron chi connectivity index (χ3n) is 3.64. The smallest absolute Gasteiger partial charge is 0.241 e. The Bertz CT molecular complexity index is 665. The third kappa shape index (κ3) is 7.19. The molecule has 0 aliphatic carbocycles. The molecule has 0 aliphatic heterocycles. The van der Waals surface area contributed by atoms with Gasteiger partial charge in [-0.25, -0.2) is 4.68 Å². The third-order valence-corrected chi connectivity index (χ3v) is 3.64. The summed E-state index contributed by atoms with van der Waals surface area (Å²) in [4.78, 5) is 16.2. The van der Waals surface area contributed by atoms with E-state index < -0.39 is 0 Å². The summed E-state index contributed by atoms with van der Waals surface area (Å²) in [7, 11) is 1.78. The lowest BCUT2D eigenvalue weighted by molar-refractivity contribution is -0.116. The van der Waals surface area contributed by atoms with Crippen LogP contribution in [0.5, 0.6) is 11.6 Å². The van der Waals surface area contributed by atoms with Crippen molar-refractivity contribution in [1.29, 1.82) is 0 Å². The minimum Gasteiger partial charge on any atom is -0.436 e. The van der Waals surface area contributed by atoms with E-state index in [-0.39, 0.29) is 30.7 Å². The summed E-state index contributed by atoms with van der Waals surface area (Å²) in [5.74, 6) is 1.06. The van der Waals surface area contributed by atoms with E-state index in [0.717, 1.165) is 25.7 Å². The van der Waals surface area contributed by atoms with E-state index in [4.69, 9.17) is 10.5 Å². The number of ether oxygens (including phenoxy) is 1. The fourth-order valence-corrected chi connectivity index (χ4v) is 2.40. The minimum atomic E-state index is -0.0325. The van der Waals surface area contributed by atoms with Gasteiger partial charge in [-0.2, -0.15) is 5.10 Å². The summed E-state index contributed by atoms with van der Waals surface area (Å²) in [5.41, 5.74) is 6.79. The highest BCUT2D eigenvalue weighted by Gasteiger charge is 2.17. The van der Waals surface area contributed by atoms with Crippen LogP contribution in [0.1, 0.15) is 37.8 Å². The molecule has 0 atom stereocenters. The van der Waals surface area contributed by atoms with E-state index in [2.05, 4.69) is 15.4 Å². The summed E-state index contributed by atoms with van der Waals surface area (Å²) in [6.45, 7) is 2.54. The molecule has 146 valence electrons. The molecule has 0 spiro atoms. The predicted octanol–water partition coefficient (Wildman–Crippen LogP) is 3.61. The molecule has 0 aliphatic rings. The van der Waals surface area contributed by atoms with Crippen LogP contribution in [-0.2, 0) is 11.8 Å². The molecule has 7 nitrogen and oxygen atoms in total. The van der Waals surface area contributed by atoms with Crippen LogP contribution in [0.4, 0.5) is 5.69 Å². The number of nitrogens with two attached hydrogens (primary N) is 1. The number of aromatic nitrogens is 3. The van der Waals surface area contributed by atoms with Gasteiger partial charge in [0.2, 0.25) is 11.8 Å². The molecule has 0 radical (unpaired) electrons. The number of carbonyl (C=O) groups is 1. The Morgan fingerprint density at radius 3 is 2.65 bits per heavy atom. The van der Waals surface area contributed by atoms with Crippen molar-refractivity contribution in [2.24, 2.45) is 12.8 Å². The van der Waals surface area contributed by atoms with Crippen LogP contribution in [0.3, 0.4) is 0 Å². The number of hydrogen-bond acceptors (Lipinski definition) is 5. The quantitative estimate of drug-likeness (QED) is 0.623. The molecular weight excluding hydrogens is 377 g/mol. The standard InChI is InChI=1S/C17H25N5O2.2ClH/c1-13-16(20-15(23)9-5-3-4-6-10-18)17(22(2)21-13)24-14-8-7-11-19-12-14;;/h7-8,11-12H,3-6,9-10,18H2,1-2H3,(H,20,23);2*1H. The van der Waals surface area contributed by atoms with Crippen LogP contribution in [0.15, 0.2) is 24.5 Å². The van der Waals surface area contributed by atoms with Gasteiger partial charge in [0.1, 0.15) is 11.4 Å². The average Bonchev–Trinajstić information content (AvgIpc) is 2.82. The fourth-order valence-electron chi connectivity index (χ4n) is 2.40. The van der Waals surface area contributed by atoms with Crippen molar-refractivity contribution in [3.63, 3.8) is 0 Å². The van der Waals surface area contributed by atoms with Crippen molar-refractivity contribution in [3.8, 4) is 11.6 Å². The number of halogens is 2. The van der Waals surface area contributed by atoms with Crippen molar-refractivity contribution < 1.29 is 9.53 Å². The van der Waals surface area contributed by atoms with Crippen LogP contribution in [0.2, 0.25) is 0 Å². The first kappa shape index (κ1) is 24.2. The Morgan fingerprint density at radius 1 is 1.27 bits per heavy atom. The van der Waals surface area contributed by atoms with Gasteiger partial charge in [0.15, 0.2) is 0 Å². The number of carbonyl (C=O) groups excluding carboxylic acids is 1. The van der Waals surface area contributed by atoms with E-state index in [1.165, 1.54) is 0 Å². The Balaban J connectivity index is 0.00000312. The molecule has 9 heteroatoms. The van der Waals surface area contributed by atoms with E-state index >= 15 is 0 Å². The molecule has 0 unspecified atom stereocenters. The Hall–Kier alpha value is -1.83. The second-order valence-electron chi connectivity index (χ2n) is 5.68. The maximum Gasteiger partial charge on any atom is 0.241 e. The second kappa shape index (κ2) is 12.5. The maximum atomic E-state index is 12.2. The first-order valence-corrected chi connectivity index (χ1v) is 8.23. The Morgan fingerprint density at radius 2 is 2.00 bits per heavy atom. The monoisotopic (exact) mass is 403 g/mol. The zero-order valence-corrected chi connectivity index (χ0v) is 16.7. The number of amides is 1. The molecule has 0 bridgehead atoms. The van der Waals surface area contributed by atoms with Gasteiger partial charge in [-0.05, 0) is 38.4 Å². The van der Waals surface area contributed by atoms with E-state index in [1.54, 1.807) is 36.3 Å². The zero-order chi connectivity index (χ0) is 17.4. The van der Waals surface area contributed by atoms with Gasteiger partial charge in [0.25, 0.3) is 0 Å². The molecule has 2 rings (SSSR count). The van der Waals surface area contributed by atoms with Crippen LogP contribution < -0.4 is 15.8 Å². The van der Waals surface area contributed by atoms with Crippen molar-refractivity contribution in [2.75, 3.05) is 11.9 Å². The average molecular weight is 404 g/mol. The van der Waals surface area contributed by atoms with Crippen LogP contribution in [-0.4, -0.2) is 27.2 Å². The van der Waals surface area contributed by atoms with Crippen LogP contribution >= 0.6 is 24.8 Å². The second-order valence-corrected chi connectivity index (χ2v) is 5.68. The van der Waals surface area contributed by atoms with Gasteiger partial charge in [0.05, 0.1) is 11.9 Å². The highest BCUT2D eigenvalue weighted by atomic mass is 35.5. The summed E-state index contributed by atoms with van der Waals surface area (Å²) in [6.07, 6.45) is 7.70. The van der Waals surface area contributed by atoms with Crippen molar-refractivity contribution in [1.82, 2.24) is 14.8 Å². The lowest BCUT2D eigenvalue weighted by Gasteiger charge is -2.09. The number of anilines is 1. The van der Waals surface area contributed by atoms with Gasteiger partial charge in [-0.3, -0.25) is 9.78 Å². The molecule has 2 aromatic heterocycles. The molecule has 0 saturated heterocycles. The number of nitrogens with zero attached hydrogens (tertiary/aromatic N) is 3. The molecule has 2 aromatic rings. The number of aryl methyl sites for hydroxylation is 2. The summed E-state index contributed by atoms with van der Waals surface area (Å²) in [6, 6.07) is 3.59.